The number of carboxylic acids is 1. The summed E-state index contributed by atoms with van der Waals surface area (Å²) in [6.45, 7) is 0. The van der Waals surface area contributed by atoms with Crippen LogP contribution in [0.4, 0.5) is 0 Å². The molecule has 2 N–H and O–H groups in total. The van der Waals surface area contributed by atoms with Gasteiger partial charge in [-0.1, -0.05) is 12.1 Å². The van der Waals surface area contributed by atoms with E-state index in [-0.39, 0.29) is 5.56 Å². The molecule has 1 aromatic rings. The quantitative estimate of drug-likeness (QED) is 0.848. The first-order chi connectivity index (χ1) is 9.00. The molecule has 6 nitrogen and oxygen atoms in total. The van der Waals surface area contributed by atoms with Gasteiger partial charge in [0.1, 0.15) is 11.5 Å². The van der Waals surface area contributed by atoms with Gasteiger partial charge in [-0.2, -0.15) is 0 Å². The first-order valence-corrected chi connectivity index (χ1v) is 5.39. The average Bonchev–Trinajstić information content (AvgIpc) is 2.39. The van der Waals surface area contributed by atoms with Crippen molar-refractivity contribution in [3.8, 4) is 5.75 Å². The number of carbonyl (C=O) groups excluding carboxylic acids is 1. The van der Waals surface area contributed by atoms with Gasteiger partial charge in [-0.05, 0) is 17.7 Å². The summed E-state index contributed by atoms with van der Waals surface area (Å²) in [5.41, 5.74) is -1.55. The number of ether oxygens (including phenoxy) is 1. The van der Waals surface area contributed by atoms with E-state index >= 15 is 0 Å². The standard InChI is InChI=1S/C13H11NO5/c1-19-9-4-2-8(3-5-9)13(12(17)18)7-14-11(16)6-10(13)15/h2-7,15H,1H3,(H,17,18)/t13-/m1/s1. The summed E-state index contributed by atoms with van der Waals surface area (Å²) < 4.78 is 4.98. The van der Waals surface area contributed by atoms with Crippen LogP contribution in [0.5, 0.6) is 5.75 Å². The lowest BCUT2D eigenvalue weighted by Crippen LogP contribution is -2.41. The summed E-state index contributed by atoms with van der Waals surface area (Å²) in [5, 5.41) is 19.3. The van der Waals surface area contributed by atoms with Crippen molar-refractivity contribution in [2.45, 2.75) is 5.41 Å². The number of aliphatic imine (C=N–C) groups is 1. The van der Waals surface area contributed by atoms with Crippen LogP contribution in [0.2, 0.25) is 0 Å². The molecule has 1 aliphatic heterocycles. The highest BCUT2D eigenvalue weighted by molar-refractivity contribution is 6.12. The number of benzene rings is 1. The lowest BCUT2D eigenvalue weighted by Gasteiger charge is -2.26. The number of carbonyl (C=O) groups is 2. The normalized spacial score (nSPS) is 21.9. The van der Waals surface area contributed by atoms with Crippen LogP contribution in [-0.4, -0.2) is 35.4 Å². The Morgan fingerprint density at radius 1 is 1.32 bits per heavy atom. The van der Waals surface area contributed by atoms with Gasteiger partial charge in [0.2, 0.25) is 0 Å². The van der Waals surface area contributed by atoms with Crippen LogP contribution < -0.4 is 4.74 Å². The molecule has 1 aliphatic rings. The summed E-state index contributed by atoms with van der Waals surface area (Å²) >= 11 is 0. The Morgan fingerprint density at radius 2 is 1.95 bits per heavy atom. The SMILES string of the molecule is COc1ccc([C@]2(C(=O)O)C=NC(=O)C=C2O)cc1. The van der Waals surface area contributed by atoms with Crippen LogP contribution in [0.15, 0.2) is 41.1 Å². The molecule has 1 aromatic carbocycles. The molecule has 1 atom stereocenters. The zero-order valence-electron chi connectivity index (χ0n) is 10.0. The molecule has 0 aliphatic carbocycles. The molecule has 0 aromatic heterocycles. The van der Waals surface area contributed by atoms with Crippen molar-refractivity contribution in [3.05, 3.63) is 41.7 Å². The number of aliphatic hydroxyl groups is 1. The molecule has 6 heteroatoms. The van der Waals surface area contributed by atoms with Crippen molar-refractivity contribution in [1.82, 2.24) is 0 Å². The number of dihydropyridines is 1. The molecule has 19 heavy (non-hydrogen) atoms. The largest absolute Gasteiger partial charge is 0.510 e. The van der Waals surface area contributed by atoms with Crippen molar-refractivity contribution < 1.29 is 24.5 Å². The maximum absolute atomic E-state index is 11.5. The van der Waals surface area contributed by atoms with Gasteiger partial charge in [0.15, 0.2) is 5.41 Å². The maximum atomic E-state index is 11.5. The molecule has 0 saturated carbocycles. The monoisotopic (exact) mass is 261 g/mol. The number of hydrogen-bond donors (Lipinski definition) is 2. The minimum atomic E-state index is -1.83. The van der Waals surface area contributed by atoms with Crippen LogP contribution in [0.1, 0.15) is 5.56 Å². The predicted molar refractivity (Wildman–Crippen MR) is 66.5 cm³/mol. The number of hydrogen-bond acceptors (Lipinski definition) is 4. The van der Waals surface area contributed by atoms with Crippen LogP contribution in [0.25, 0.3) is 0 Å². The van der Waals surface area contributed by atoms with Crippen LogP contribution in [0.3, 0.4) is 0 Å². The number of aliphatic hydroxyl groups excluding tert-OH is 1. The molecule has 0 spiro atoms. The number of carboxylic acid groups (broad SMARTS) is 1. The summed E-state index contributed by atoms with van der Waals surface area (Å²) in [7, 11) is 1.49. The third-order valence-electron chi connectivity index (χ3n) is 2.93. The van der Waals surface area contributed by atoms with Crippen molar-refractivity contribution in [2.24, 2.45) is 4.99 Å². The van der Waals surface area contributed by atoms with E-state index in [0.29, 0.717) is 5.75 Å². The van der Waals surface area contributed by atoms with E-state index in [1.54, 1.807) is 12.1 Å². The first kappa shape index (κ1) is 12.8. The van der Waals surface area contributed by atoms with Crippen LogP contribution in [0, 0.1) is 0 Å². The smallest absolute Gasteiger partial charge is 0.327 e. The lowest BCUT2D eigenvalue weighted by molar-refractivity contribution is -0.140. The topological polar surface area (TPSA) is 96.2 Å². The number of amides is 1. The fourth-order valence-corrected chi connectivity index (χ4v) is 1.86. The van der Waals surface area contributed by atoms with Gasteiger partial charge in [-0.15, -0.1) is 0 Å². The highest BCUT2D eigenvalue weighted by Gasteiger charge is 2.45. The summed E-state index contributed by atoms with van der Waals surface area (Å²) in [4.78, 5) is 26.0. The van der Waals surface area contributed by atoms with Gasteiger partial charge in [0.25, 0.3) is 5.91 Å². The fourth-order valence-electron chi connectivity index (χ4n) is 1.86. The highest BCUT2D eigenvalue weighted by atomic mass is 16.5. The zero-order valence-corrected chi connectivity index (χ0v) is 10.0. The summed E-state index contributed by atoms with van der Waals surface area (Å²) in [5.74, 6) is -2.02. The number of methoxy groups -OCH3 is 1. The molecule has 0 saturated heterocycles. The Balaban J connectivity index is 2.57. The Labute approximate surface area is 108 Å². The van der Waals surface area contributed by atoms with E-state index < -0.39 is 23.1 Å². The van der Waals surface area contributed by atoms with Gasteiger partial charge in [0.05, 0.1) is 7.11 Å². The molecular weight excluding hydrogens is 250 g/mol. The second-order valence-electron chi connectivity index (χ2n) is 3.97. The molecule has 0 radical (unpaired) electrons. The van der Waals surface area contributed by atoms with Crippen molar-refractivity contribution in [2.75, 3.05) is 7.11 Å². The number of nitrogens with zero attached hydrogens (tertiary/aromatic N) is 1. The predicted octanol–water partition coefficient (Wildman–Crippen LogP) is 1.07. The maximum Gasteiger partial charge on any atom is 0.327 e. The van der Waals surface area contributed by atoms with E-state index in [2.05, 4.69) is 4.99 Å². The van der Waals surface area contributed by atoms with Crippen molar-refractivity contribution >= 4 is 18.1 Å². The molecule has 1 amide bonds. The second kappa shape index (κ2) is 4.56. The zero-order chi connectivity index (χ0) is 14.0. The molecule has 98 valence electrons. The molecular formula is C13H11NO5. The number of rotatable bonds is 3. The Bertz CT molecular complexity index is 588. The van der Waals surface area contributed by atoms with E-state index in [1.165, 1.54) is 19.2 Å². The summed E-state index contributed by atoms with van der Waals surface area (Å²) in [6, 6.07) is 6.13. The lowest BCUT2D eigenvalue weighted by atomic mass is 9.78. The van der Waals surface area contributed by atoms with Gasteiger partial charge in [0, 0.05) is 12.3 Å². The second-order valence-corrected chi connectivity index (χ2v) is 3.97. The van der Waals surface area contributed by atoms with Crippen LogP contribution >= 0.6 is 0 Å². The van der Waals surface area contributed by atoms with E-state index in [4.69, 9.17) is 4.74 Å². The molecule has 1 heterocycles. The average molecular weight is 261 g/mol. The Hall–Kier alpha value is -2.63. The van der Waals surface area contributed by atoms with E-state index in [0.717, 1.165) is 12.3 Å². The molecule has 0 unspecified atom stereocenters. The third kappa shape index (κ3) is 1.97. The van der Waals surface area contributed by atoms with E-state index in [1.807, 2.05) is 0 Å². The fraction of sp³-hybridized carbons (Fsp3) is 0.154. The van der Waals surface area contributed by atoms with Crippen LogP contribution in [-0.2, 0) is 15.0 Å². The Kier molecular flexibility index (Phi) is 3.08. The summed E-state index contributed by atoms with van der Waals surface area (Å²) in [6.07, 6.45) is 1.74. The minimum Gasteiger partial charge on any atom is -0.510 e. The van der Waals surface area contributed by atoms with Gasteiger partial charge < -0.3 is 14.9 Å². The third-order valence-corrected chi connectivity index (χ3v) is 2.93. The van der Waals surface area contributed by atoms with Gasteiger partial charge >= 0.3 is 5.97 Å². The first-order valence-electron chi connectivity index (χ1n) is 5.39. The molecule has 0 fully saturated rings. The minimum absolute atomic E-state index is 0.283. The van der Waals surface area contributed by atoms with E-state index in [9.17, 15) is 19.8 Å². The molecule has 2 rings (SSSR count). The number of aliphatic carboxylic acids is 1. The Morgan fingerprint density at radius 3 is 2.42 bits per heavy atom. The molecule has 0 bridgehead atoms. The highest BCUT2D eigenvalue weighted by Crippen LogP contribution is 2.32. The van der Waals surface area contributed by atoms with Gasteiger partial charge in [-0.25, -0.2) is 4.99 Å². The van der Waals surface area contributed by atoms with Crippen molar-refractivity contribution in [3.63, 3.8) is 0 Å². The van der Waals surface area contributed by atoms with Gasteiger partial charge in [-0.3, -0.25) is 9.59 Å². The van der Waals surface area contributed by atoms with Crippen molar-refractivity contribution in [1.29, 1.82) is 0 Å².